The maximum atomic E-state index is 13.2. The van der Waals surface area contributed by atoms with E-state index in [2.05, 4.69) is 15.3 Å². The maximum Gasteiger partial charge on any atom is 0.417 e. The first-order chi connectivity index (χ1) is 17.5. The Morgan fingerprint density at radius 1 is 1.08 bits per heavy atom. The number of aromatic nitrogens is 2. The van der Waals surface area contributed by atoms with Gasteiger partial charge < -0.3 is 10.4 Å². The van der Waals surface area contributed by atoms with Crippen LogP contribution in [0.3, 0.4) is 0 Å². The van der Waals surface area contributed by atoms with Crippen molar-refractivity contribution in [2.45, 2.75) is 29.6 Å². The third kappa shape index (κ3) is 5.88. The summed E-state index contributed by atoms with van der Waals surface area (Å²) in [6, 6.07) is 10.7. The number of carbonyl (C=O) groups is 1. The number of nitrogens with zero attached hydrogens (tertiary/aromatic N) is 3. The van der Waals surface area contributed by atoms with Crippen LogP contribution in [0.5, 0.6) is 0 Å². The van der Waals surface area contributed by atoms with Crippen LogP contribution in [0, 0.1) is 0 Å². The number of hydrazine groups is 1. The fraction of sp³-hybridized carbons (Fsp3) is 0.261. The molecule has 14 heteroatoms. The highest BCUT2D eigenvalue weighted by molar-refractivity contribution is 7.89. The Balaban J connectivity index is 1.42. The number of piperidine rings is 1. The summed E-state index contributed by atoms with van der Waals surface area (Å²) in [5, 5.41) is 13.4. The van der Waals surface area contributed by atoms with Gasteiger partial charge in [0.25, 0.3) is 5.91 Å². The van der Waals surface area contributed by atoms with E-state index >= 15 is 0 Å². The number of pyridine rings is 2. The highest BCUT2D eigenvalue weighted by Crippen LogP contribution is 2.30. The Hall–Kier alpha value is -3.59. The fourth-order valence-corrected chi connectivity index (χ4v) is 5.38. The number of rotatable bonds is 6. The Morgan fingerprint density at radius 2 is 1.81 bits per heavy atom. The number of nitrogen functional groups attached to an aromatic ring is 1. The second-order valence-corrected chi connectivity index (χ2v) is 10.3. The van der Waals surface area contributed by atoms with Crippen LogP contribution < -0.4 is 16.6 Å². The van der Waals surface area contributed by atoms with Gasteiger partial charge in [0.1, 0.15) is 11.5 Å². The zero-order valence-electron chi connectivity index (χ0n) is 19.2. The number of sulfonamides is 1. The molecule has 2 atom stereocenters. The minimum atomic E-state index is -4.51. The van der Waals surface area contributed by atoms with Crippen LogP contribution in [0.25, 0.3) is 11.1 Å². The van der Waals surface area contributed by atoms with E-state index in [4.69, 9.17) is 5.84 Å². The lowest BCUT2D eigenvalue weighted by Gasteiger charge is -2.35. The van der Waals surface area contributed by atoms with Crippen LogP contribution in [-0.2, 0) is 16.2 Å². The molecule has 10 nitrogen and oxygen atoms in total. The summed E-state index contributed by atoms with van der Waals surface area (Å²) in [5.41, 5.74) is 2.50. The first kappa shape index (κ1) is 26.5. The van der Waals surface area contributed by atoms with Gasteiger partial charge in [-0.2, -0.15) is 17.5 Å². The second kappa shape index (κ2) is 10.4. The first-order valence-corrected chi connectivity index (χ1v) is 12.5. The number of carbonyl (C=O) groups excluding carboxylic acids is 1. The molecule has 0 aliphatic carbocycles. The quantitative estimate of drug-likeness (QED) is 0.212. The third-order valence-corrected chi connectivity index (χ3v) is 7.80. The first-order valence-electron chi connectivity index (χ1n) is 11.0. The van der Waals surface area contributed by atoms with Gasteiger partial charge in [-0.05, 0) is 53.9 Å². The lowest BCUT2D eigenvalue weighted by molar-refractivity contribution is -0.137. The summed E-state index contributed by atoms with van der Waals surface area (Å²) in [5.74, 6) is 4.72. The molecule has 1 fully saturated rings. The third-order valence-electron chi connectivity index (χ3n) is 5.92. The molecule has 0 bridgehead atoms. The van der Waals surface area contributed by atoms with Crippen molar-refractivity contribution in [2.75, 3.05) is 18.4 Å². The average Bonchev–Trinajstić information content (AvgIpc) is 2.89. The number of aliphatic hydroxyl groups is 1. The number of amides is 1. The van der Waals surface area contributed by atoms with Crippen LogP contribution in [-0.4, -0.2) is 58.9 Å². The lowest BCUT2D eigenvalue weighted by Crippen LogP contribution is -2.51. The number of anilines is 1. The highest BCUT2D eigenvalue weighted by atomic mass is 32.2. The Morgan fingerprint density at radius 3 is 2.41 bits per heavy atom. The smallest absolute Gasteiger partial charge is 0.390 e. The Bertz CT molecular complexity index is 1370. The summed E-state index contributed by atoms with van der Waals surface area (Å²) in [7, 11) is -3.93. The molecule has 196 valence electrons. The number of halogens is 3. The van der Waals surface area contributed by atoms with Crippen molar-refractivity contribution in [1.82, 2.24) is 19.7 Å². The van der Waals surface area contributed by atoms with E-state index in [0.29, 0.717) is 17.3 Å². The van der Waals surface area contributed by atoms with Crippen LogP contribution in [0.4, 0.5) is 19.0 Å². The van der Waals surface area contributed by atoms with Crippen LogP contribution in [0.1, 0.15) is 22.5 Å². The molecule has 1 amide bonds. The predicted molar refractivity (Wildman–Crippen MR) is 127 cm³/mol. The van der Waals surface area contributed by atoms with Gasteiger partial charge in [0, 0.05) is 25.5 Å². The van der Waals surface area contributed by atoms with Gasteiger partial charge in [0.05, 0.1) is 22.6 Å². The molecule has 1 aliphatic rings. The summed E-state index contributed by atoms with van der Waals surface area (Å²) < 4.78 is 65.6. The van der Waals surface area contributed by atoms with Crippen molar-refractivity contribution in [1.29, 1.82) is 0 Å². The molecule has 0 saturated carbocycles. The number of nitrogens with two attached hydrogens (primary N) is 1. The highest BCUT2D eigenvalue weighted by Gasteiger charge is 2.35. The predicted octanol–water partition coefficient (Wildman–Crippen LogP) is 2.00. The molecular formula is C23H23F3N6O4S. The van der Waals surface area contributed by atoms with Crippen LogP contribution >= 0.6 is 0 Å². The number of β-amino-alcohol motifs (C(OH)–C–C–N with tert-alkyl or cyclic N) is 1. The molecule has 5 N–H and O–H groups in total. The van der Waals surface area contributed by atoms with E-state index in [-0.39, 0.29) is 35.9 Å². The SMILES string of the molecule is NNC(=O)c1cc(-c2ccc(S(=O)(=O)N3CC[C@@H](Nc4ccc(C(F)(F)F)cn4)[C@@H](O)C3)cc2)ccn1. The van der Waals surface area contributed by atoms with Crippen LogP contribution in [0.15, 0.2) is 65.8 Å². The van der Waals surface area contributed by atoms with Crippen molar-refractivity contribution < 1.29 is 31.5 Å². The fourth-order valence-electron chi connectivity index (χ4n) is 3.90. The van der Waals surface area contributed by atoms with E-state index in [9.17, 15) is 31.5 Å². The Labute approximate surface area is 210 Å². The minimum absolute atomic E-state index is 0.0215. The van der Waals surface area contributed by atoms with E-state index in [1.165, 1.54) is 24.4 Å². The van der Waals surface area contributed by atoms with Crippen molar-refractivity contribution in [3.63, 3.8) is 0 Å². The van der Waals surface area contributed by atoms with E-state index in [0.717, 1.165) is 16.4 Å². The van der Waals surface area contributed by atoms with Crippen molar-refractivity contribution in [3.8, 4) is 11.1 Å². The standard InChI is InChI=1S/C23H23F3N6O4S/c24-23(25,26)16-3-6-21(29-12-16)30-18-8-10-32(13-20(18)33)37(35,36)17-4-1-14(2-5-17)15-7-9-28-19(11-15)22(34)31-27/h1-7,9,11-12,18,20,33H,8,10,13,27H2,(H,29,30)(H,31,34)/t18-,20+/m1/s1. The molecule has 1 aromatic carbocycles. The number of aliphatic hydroxyl groups excluding tert-OH is 1. The van der Waals surface area contributed by atoms with E-state index < -0.39 is 39.8 Å². The summed E-state index contributed by atoms with van der Waals surface area (Å²) >= 11 is 0. The number of nitrogens with one attached hydrogen (secondary N) is 2. The minimum Gasteiger partial charge on any atom is -0.390 e. The van der Waals surface area contributed by atoms with Gasteiger partial charge in [-0.1, -0.05) is 12.1 Å². The molecule has 1 aliphatic heterocycles. The molecular weight excluding hydrogens is 513 g/mol. The zero-order chi connectivity index (χ0) is 26.8. The molecule has 0 spiro atoms. The molecule has 4 rings (SSSR count). The van der Waals surface area contributed by atoms with Crippen molar-refractivity contribution >= 4 is 21.7 Å². The van der Waals surface area contributed by atoms with Gasteiger partial charge in [-0.3, -0.25) is 15.2 Å². The lowest BCUT2D eigenvalue weighted by atomic mass is 10.0. The molecule has 3 heterocycles. The number of hydrogen-bond acceptors (Lipinski definition) is 8. The Kier molecular flexibility index (Phi) is 7.45. The van der Waals surface area contributed by atoms with Crippen molar-refractivity contribution in [2.24, 2.45) is 5.84 Å². The zero-order valence-corrected chi connectivity index (χ0v) is 20.0. The van der Waals surface area contributed by atoms with Gasteiger partial charge in [-0.25, -0.2) is 19.2 Å². The molecule has 3 aromatic rings. The monoisotopic (exact) mass is 536 g/mol. The van der Waals surface area contributed by atoms with Gasteiger partial charge >= 0.3 is 6.18 Å². The van der Waals surface area contributed by atoms with Gasteiger partial charge in [0.15, 0.2) is 0 Å². The number of alkyl halides is 3. The maximum absolute atomic E-state index is 13.2. The van der Waals surface area contributed by atoms with Crippen molar-refractivity contribution in [3.05, 3.63) is 72.2 Å². The molecule has 0 radical (unpaired) electrons. The largest absolute Gasteiger partial charge is 0.417 e. The van der Waals surface area contributed by atoms with Gasteiger partial charge in [-0.15, -0.1) is 0 Å². The molecule has 1 saturated heterocycles. The van der Waals surface area contributed by atoms with E-state index in [1.54, 1.807) is 18.2 Å². The number of benzene rings is 1. The van der Waals surface area contributed by atoms with Gasteiger partial charge in [0.2, 0.25) is 10.0 Å². The summed E-state index contributed by atoms with van der Waals surface area (Å²) in [6.07, 6.45) is -3.28. The number of hydrogen-bond donors (Lipinski definition) is 4. The molecule has 0 unspecified atom stereocenters. The second-order valence-electron chi connectivity index (χ2n) is 8.33. The average molecular weight is 537 g/mol. The topological polar surface area (TPSA) is 151 Å². The molecule has 2 aromatic heterocycles. The molecule has 37 heavy (non-hydrogen) atoms. The summed E-state index contributed by atoms with van der Waals surface area (Å²) in [4.78, 5) is 19.4. The van der Waals surface area contributed by atoms with Crippen LogP contribution in [0.2, 0.25) is 0 Å². The normalized spacial score (nSPS) is 18.8. The summed E-state index contributed by atoms with van der Waals surface area (Å²) in [6.45, 7) is -0.119. The van der Waals surface area contributed by atoms with E-state index in [1.807, 2.05) is 5.43 Å².